The van der Waals surface area contributed by atoms with Gasteiger partial charge in [0.2, 0.25) is 0 Å². The number of carbonyl (C=O) groups is 2. The van der Waals surface area contributed by atoms with Crippen molar-refractivity contribution in [1.29, 1.82) is 0 Å². The van der Waals surface area contributed by atoms with Gasteiger partial charge in [-0.2, -0.15) is 0 Å². The molecule has 4 rings (SSSR count). The molecule has 0 saturated carbocycles. The van der Waals surface area contributed by atoms with Crippen LogP contribution in [0.4, 0.5) is 0 Å². The maximum atomic E-state index is 12.6. The van der Waals surface area contributed by atoms with Gasteiger partial charge in [0.15, 0.2) is 0 Å². The summed E-state index contributed by atoms with van der Waals surface area (Å²) in [5.74, 6) is 0.219. The molecule has 0 spiro atoms. The minimum atomic E-state index is -0.482. The zero-order valence-corrected chi connectivity index (χ0v) is 16.6. The van der Waals surface area contributed by atoms with E-state index in [0.717, 1.165) is 16.7 Å². The topological polar surface area (TPSA) is 92.5 Å². The fourth-order valence-corrected chi connectivity index (χ4v) is 3.05. The predicted molar refractivity (Wildman–Crippen MR) is 117 cm³/mol. The Labute approximate surface area is 179 Å². The summed E-state index contributed by atoms with van der Waals surface area (Å²) in [6, 6.07) is 25.5. The van der Waals surface area contributed by atoms with Crippen LogP contribution in [0.25, 0.3) is 10.9 Å². The van der Waals surface area contributed by atoms with E-state index in [1.165, 1.54) is 0 Å². The van der Waals surface area contributed by atoms with E-state index in [2.05, 4.69) is 15.8 Å². The number of nitrogens with one attached hydrogen (secondary N) is 3. The molecule has 0 unspecified atom stereocenters. The lowest BCUT2D eigenvalue weighted by Crippen LogP contribution is -2.41. The lowest BCUT2D eigenvalue weighted by atomic mass is 10.2. The van der Waals surface area contributed by atoms with Crippen molar-refractivity contribution in [2.75, 3.05) is 13.2 Å². The first-order valence-corrected chi connectivity index (χ1v) is 9.79. The highest BCUT2D eigenvalue weighted by Crippen LogP contribution is 2.18. The Morgan fingerprint density at radius 3 is 2.26 bits per heavy atom. The molecule has 0 aliphatic heterocycles. The monoisotopic (exact) mass is 415 g/mol. The van der Waals surface area contributed by atoms with Gasteiger partial charge in [-0.25, -0.2) is 0 Å². The van der Waals surface area contributed by atoms with Gasteiger partial charge in [-0.1, -0.05) is 48.5 Å². The molecular formula is C24H21N3O4. The molecule has 7 nitrogen and oxygen atoms in total. The van der Waals surface area contributed by atoms with Gasteiger partial charge < -0.3 is 14.5 Å². The third kappa shape index (κ3) is 5.02. The molecule has 3 aromatic carbocycles. The van der Waals surface area contributed by atoms with Crippen molar-refractivity contribution in [3.63, 3.8) is 0 Å². The number of amides is 2. The van der Waals surface area contributed by atoms with Crippen LogP contribution in [0.5, 0.6) is 11.5 Å². The van der Waals surface area contributed by atoms with E-state index in [4.69, 9.17) is 9.47 Å². The van der Waals surface area contributed by atoms with Crippen LogP contribution in [-0.4, -0.2) is 30.0 Å². The number of aromatic nitrogens is 1. The van der Waals surface area contributed by atoms with Gasteiger partial charge in [-0.05, 0) is 36.4 Å². The molecule has 0 radical (unpaired) electrons. The summed E-state index contributed by atoms with van der Waals surface area (Å²) in [5.41, 5.74) is 6.35. The maximum absolute atomic E-state index is 12.6. The first-order valence-electron chi connectivity index (χ1n) is 9.79. The summed E-state index contributed by atoms with van der Waals surface area (Å²) >= 11 is 0. The highest BCUT2D eigenvalue weighted by molar-refractivity contribution is 6.01. The van der Waals surface area contributed by atoms with Gasteiger partial charge in [0.1, 0.15) is 30.4 Å². The number of para-hydroxylation sites is 3. The van der Waals surface area contributed by atoms with Crippen LogP contribution in [0.1, 0.15) is 20.8 Å². The second-order valence-corrected chi connectivity index (χ2v) is 6.68. The summed E-state index contributed by atoms with van der Waals surface area (Å²) in [6.45, 7) is 0.595. The summed E-state index contributed by atoms with van der Waals surface area (Å²) in [6.07, 6.45) is 0. The number of fused-ring (bicyclic) bond motifs is 1. The average Bonchev–Trinajstić information content (AvgIpc) is 3.25. The van der Waals surface area contributed by atoms with Crippen molar-refractivity contribution in [3.8, 4) is 11.5 Å². The molecule has 4 aromatic rings. The highest BCUT2D eigenvalue weighted by Gasteiger charge is 2.15. The normalized spacial score (nSPS) is 10.5. The Bertz CT molecular complexity index is 1150. The molecule has 1 heterocycles. The number of rotatable bonds is 7. The molecule has 31 heavy (non-hydrogen) atoms. The molecule has 1 aromatic heterocycles. The molecule has 2 amide bonds. The van der Waals surface area contributed by atoms with Gasteiger partial charge in [-0.3, -0.25) is 20.4 Å². The standard InChI is InChI=1S/C24H21N3O4/c28-23(26-27-24(29)21-16-17-8-4-6-12-20(17)25-21)19-11-5-7-13-22(19)31-15-14-30-18-9-2-1-3-10-18/h1-13,16,25H,14-15H2,(H,26,28)(H,27,29). The van der Waals surface area contributed by atoms with Crippen molar-refractivity contribution in [1.82, 2.24) is 15.8 Å². The van der Waals surface area contributed by atoms with Crippen molar-refractivity contribution in [2.45, 2.75) is 0 Å². The van der Waals surface area contributed by atoms with Crippen molar-refractivity contribution in [3.05, 3.63) is 96.2 Å². The second-order valence-electron chi connectivity index (χ2n) is 6.68. The van der Waals surface area contributed by atoms with E-state index in [9.17, 15) is 9.59 Å². The van der Waals surface area contributed by atoms with Crippen LogP contribution in [0.3, 0.4) is 0 Å². The Balaban J connectivity index is 1.32. The van der Waals surface area contributed by atoms with Crippen LogP contribution in [0, 0.1) is 0 Å². The molecule has 0 fully saturated rings. The van der Waals surface area contributed by atoms with E-state index < -0.39 is 11.8 Å². The lowest BCUT2D eigenvalue weighted by molar-refractivity contribution is 0.0841. The number of hydrogen-bond donors (Lipinski definition) is 3. The SMILES string of the molecule is O=C(NNC(=O)c1ccccc1OCCOc1ccccc1)c1cc2ccccc2[nH]1. The molecule has 0 aliphatic rings. The number of hydrazine groups is 1. The number of carbonyl (C=O) groups excluding carboxylic acids is 2. The molecule has 0 atom stereocenters. The maximum Gasteiger partial charge on any atom is 0.286 e. The Kier molecular flexibility index (Phi) is 6.13. The summed E-state index contributed by atoms with van der Waals surface area (Å²) in [4.78, 5) is 28.0. The highest BCUT2D eigenvalue weighted by atomic mass is 16.5. The predicted octanol–water partition coefficient (Wildman–Crippen LogP) is 3.70. The first kappa shape index (κ1) is 20.0. The minimum Gasteiger partial charge on any atom is -0.490 e. The fourth-order valence-electron chi connectivity index (χ4n) is 3.05. The Hall–Kier alpha value is -4.26. The third-order valence-electron chi connectivity index (χ3n) is 4.55. The van der Waals surface area contributed by atoms with E-state index in [1.807, 2.05) is 54.6 Å². The molecule has 3 N–H and O–H groups in total. The van der Waals surface area contributed by atoms with Gasteiger partial charge >= 0.3 is 0 Å². The number of H-pyrrole nitrogens is 1. The van der Waals surface area contributed by atoms with E-state index in [1.54, 1.807) is 30.3 Å². The number of hydrogen-bond acceptors (Lipinski definition) is 4. The molecule has 0 bridgehead atoms. The second kappa shape index (κ2) is 9.49. The van der Waals surface area contributed by atoms with Crippen molar-refractivity contribution >= 4 is 22.7 Å². The number of benzene rings is 3. The number of ether oxygens (including phenoxy) is 2. The zero-order chi connectivity index (χ0) is 21.5. The largest absolute Gasteiger partial charge is 0.490 e. The van der Waals surface area contributed by atoms with Gasteiger partial charge in [0.25, 0.3) is 11.8 Å². The summed E-state index contributed by atoms with van der Waals surface area (Å²) in [5, 5.41) is 0.912. The molecule has 7 heteroatoms. The Morgan fingerprint density at radius 2 is 1.42 bits per heavy atom. The van der Waals surface area contributed by atoms with Crippen molar-refractivity contribution in [2.24, 2.45) is 0 Å². The molecule has 156 valence electrons. The lowest BCUT2D eigenvalue weighted by Gasteiger charge is -2.12. The Morgan fingerprint density at radius 1 is 0.742 bits per heavy atom. The van der Waals surface area contributed by atoms with Crippen LogP contribution in [-0.2, 0) is 0 Å². The molecular weight excluding hydrogens is 394 g/mol. The van der Waals surface area contributed by atoms with E-state index in [0.29, 0.717) is 23.6 Å². The van der Waals surface area contributed by atoms with Crippen molar-refractivity contribution < 1.29 is 19.1 Å². The van der Waals surface area contributed by atoms with E-state index >= 15 is 0 Å². The van der Waals surface area contributed by atoms with Crippen LogP contribution in [0.15, 0.2) is 84.9 Å². The zero-order valence-electron chi connectivity index (χ0n) is 16.6. The van der Waals surface area contributed by atoms with Crippen LogP contribution < -0.4 is 20.3 Å². The van der Waals surface area contributed by atoms with Gasteiger partial charge in [0, 0.05) is 10.9 Å². The quantitative estimate of drug-likeness (QED) is 0.317. The smallest absolute Gasteiger partial charge is 0.286 e. The fraction of sp³-hybridized carbons (Fsp3) is 0.0833. The van der Waals surface area contributed by atoms with Crippen LogP contribution in [0.2, 0.25) is 0 Å². The minimum absolute atomic E-state index is 0.264. The number of aromatic amines is 1. The third-order valence-corrected chi connectivity index (χ3v) is 4.55. The van der Waals surface area contributed by atoms with Gasteiger partial charge in [-0.15, -0.1) is 0 Å². The first-order chi connectivity index (χ1) is 15.2. The van der Waals surface area contributed by atoms with Crippen LogP contribution >= 0.6 is 0 Å². The van der Waals surface area contributed by atoms with E-state index in [-0.39, 0.29) is 6.61 Å². The summed E-state index contributed by atoms with van der Waals surface area (Å²) < 4.78 is 11.3. The molecule has 0 aliphatic carbocycles. The average molecular weight is 415 g/mol. The van der Waals surface area contributed by atoms with Gasteiger partial charge in [0.05, 0.1) is 5.56 Å². The molecule has 0 saturated heterocycles. The summed E-state index contributed by atoms with van der Waals surface area (Å²) in [7, 11) is 0.